The quantitative estimate of drug-likeness (QED) is 0.561. The molecule has 0 saturated carbocycles. The molecule has 1 atom stereocenters. The zero-order valence-corrected chi connectivity index (χ0v) is 16.4. The first-order valence-electron chi connectivity index (χ1n) is 7.47. The van der Waals surface area contributed by atoms with Gasteiger partial charge in [0.25, 0.3) is 0 Å². The van der Waals surface area contributed by atoms with E-state index in [9.17, 15) is 0 Å². The summed E-state index contributed by atoms with van der Waals surface area (Å²) in [4.78, 5) is 0. The minimum absolute atomic E-state index is 0.666. The number of rotatable bonds is 7. The highest BCUT2D eigenvalue weighted by atomic mass is 28.5. The Morgan fingerprint density at radius 3 is 1.46 bits per heavy atom. The van der Waals surface area contributed by atoms with E-state index >= 15 is 0 Å². The van der Waals surface area contributed by atoms with Gasteiger partial charge in [0, 0.05) is 37.9 Å². The van der Waals surface area contributed by atoms with E-state index in [1.807, 2.05) is 42.9 Å². The van der Waals surface area contributed by atoms with E-state index in [-0.39, 0.29) is 0 Å². The molecule has 130 valence electrons. The van der Waals surface area contributed by atoms with E-state index in [2.05, 4.69) is 0 Å². The molecule has 6 nitrogen and oxygen atoms in total. The molecule has 2 rings (SSSR count). The van der Waals surface area contributed by atoms with Gasteiger partial charge < -0.3 is 28.9 Å². The van der Waals surface area contributed by atoms with E-state index < -0.39 is 17.4 Å². The third-order valence-electron chi connectivity index (χ3n) is 3.96. The lowest BCUT2D eigenvalue weighted by Crippen LogP contribution is -2.65. The summed E-state index contributed by atoms with van der Waals surface area (Å²) in [5, 5.41) is 1.77. The van der Waals surface area contributed by atoms with Crippen molar-refractivity contribution in [2.24, 2.45) is 0 Å². The van der Waals surface area contributed by atoms with Crippen molar-refractivity contribution in [1.29, 1.82) is 0 Å². The minimum atomic E-state index is -3.15. The summed E-state index contributed by atoms with van der Waals surface area (Å²) in [6, 6.07) is 14.8. The molecule has 0 spiro atoms. The highest BCUT2D eigenvalue weighted by Crippen LogP contribution is 2.18. The van der Waals surface area contributed by atoms with Crippen LogP contribution in [0.4, 0.5) is 11.4 Å². The van der Waals surface area contributed by atoms with Crippen LogP contribution in [0, 0.1) is 0 Å². The van der Waals surface area contributed by atoms with Gasteiger partial charge in [0.2, 0.25) is 0 Å². The van der Waals surface area contributed by atoms with Gasteiger partial charge in [-0.15, -0.1) is 0 Å². The number of hydrogen-bond donors (Lipinski definition) is 2. The van der Waals surface area contributed by atoms with Gasteiger partial charge in [-0.1, -0.05) is 24.3 Å². The lowest BCUT2D eigenvalue weighted by atomic mass is 10.3. The Kier molecular flexibility index (Phi) is 5.80. The molecule has 0 aromatic heterocycles. The summed E-state index contributed by atoms with van der Waals surface area (Å²) in [5.74, 6) is 0. The lowest BCUT2D eigenvalue weighted by molar-refractivity contribution is 0.155. The van der Waals surface area contributed by atoms with E-state index in [4.69, 9.17) is 28.9 Å². The molecule has 0 radical (unpaired) electrons. The molecule has 0 aliphatic heterocycles. The van der Waals surface area contributed by atoms with E-state index in [0.717, 1.165) is 10.4 Å². The van der Waals surface area contributed by atoms with Crippen molar-refractivity contribution in [3.05, 3.63) is 48.5 Å². The van der Waals surface area contributed by atoms with Gasteiger partial charge in [0.05, 0.1) is 0 Å². The molecular weight excluding hydrogens is 340 g/mol. The van der Waals surface area contributed by atoms with Gasteiger partial charge in [-0.05, 0) is 36.0 Å². The van der Waals surface area contributed by atoms with Crippen molar-refractivity contribution in [2.45, 2.75) is 6.55 Å². The van der Waals surface area contributed by atoms with Gasteiger partial charge in [0.15, 0.2) is 0 Å². The SMILES string of the molecule is CO[Si](C)(O[Si](OC)(OC)c1ccc(N)cc1)c1ccc(N)cc1. The lowest BCUT2D eigenvalue weighted by Gasteiger charge is -2.35. The minimum Gasteiger partial charge on any atom is -0.399 e. The maximum Gasteiger partial charge on any atom is 0.527 e. The van der Waals surface area contributed by atoms with Crippen LogP contribution in [0.3, 0.4) is 0 Å². The van der Waals surface area contributed by atoms with Crippen LogP contribution in [0.1, 0.15) is 0 Å². The van der Waals surface area contributed by atoms with Gasteiger partial charge in [-0.25, -0.2) is 0 Å². The second-order valence-electron chi connectivity index (χ2n) is 5.46. The first kappa shape index (κ1) is 18.6. The Morgan fingerprint density at radius 2 is 1.08 bits per heavy atom. The maximum atomic E-state index is 6.45. The normalized spacial score (nSPS) is 14.3. The number of benzene rings is 2. The van der Waals surface area contributed by atoms with Crippen molar-refractivity contribution in [3.8, 4) is 0 Å². The van der Waals surface area contributed by atoms with Crippen LogP contribution in [0.15, 0.2) is 48.5 Å². The van der Waals surface area contributed by atoms with Crippen molar-refractivity contribution in [1.82, 2.24) is 0 Å². The van der Waals surface area contributed by atoms with E-state index in [1.165, 1.54) is 0 Å². The molecule has 0 amide bonds. The zero-order valence-electron chi connectivity index (χ0n) is 14.4. The summed E-state index contributed by atoms with van der Waals surface area (Å²) in [6.45, 7) is 1.95. The number of nitrogens with two attached hydrogens (primary N) is 2. The predicted molar refractivity (Wildman–Crippen MR) is 100 cm³/mol. The Morgan fingerprint density at radius 1 is 0.667 bits per heavy atom. The van der Waals surface area contributed by atoms with Crippen LogP contribution in [-0.2, 0) is 17.4 Å². The summed E-state index contributed by atoms with van der Waals surface area (Å²) in [7, 11) is -1.12. The zero-order chi connectivity index (χ0) is 17.8. The Balaban J connectivity index is 2.43. The third kappa shape index (κ3) is 3.69. The highest BCUT2D eigenvalue weighted by Gasteiger charge is 2.50. The molecule has 2 aromatic carbocycles. The Bertz CT molecular complexity index is 663. The van der Waals surface area contributed by atoms with Crippen LogP contribution in [-0.4, -0.2) is 38.7 Å². The van der Waals surface area contributed by atoms with Gasteiger partial charge in [0.1, 0.15) is 0 Å². The first-order valence-corrected chi connectivity index (χ1v) is 11.5. The van der Waals surface area contributed by atoms with Crippen molar-refractivity contribution in [3.63, 3.8) is 0 Å². The molecule has 0 fully saturated rings. The fraction of sp³-hybridized carbons (Fsp3) is 0.250. The summed E-state index contributed by atoms with van der Waals surface area (Å²) in [5.41, 5.74) is 12.9. The molecular formula is C16H24N2O4Si2. The predicted octanol–water partition coefficient (Wildman–Crippen LogP) is 0.932. The third-order valence-corrected chi connectivity index (χ3v) is 10.9. The van der Waals surface area contributed by atoms with Gasteiger partial charge in [-0.2, -0.15) is 0 Å². The summed E-state index contributed by atoms with van der Waals surface area (Å²) < 4.78 is 23.7. The van der Waals surface area contributed by atoms with Gasteiger partial charge >= 0.3 is 17.4 Å². The second-order valence-corrected chi connectivity index (χ2v) is 11.7. The molecule has 0 heterocycles. The highest BCUT2D eigenvalue weighted by molar-refractivity contribution is 6.90. The first-order chi connectivity index (χ1) is 11.4. The van der Waals surface area contributed by atoms with Crippen molar-refractivity contribution >= 4 is 39.1 Å². The average Bonchev–Trinajstić information content (AvgIpc) is 2.61. The average molecular weight is 365 g/mol. The molecule has 2 aromatic rings. The Labute approximate surface area is 144 Å². The number of hydrogen-bond acceptors (Lipinski definition) is 6. The topological polar surface area (TPSA) is 89.0 Å². The van der Waals surface area contributed by atoms with Crippen LogP contribution in [0.25, 0.3) is 0 Å². The summed E-state index contributed by atoms with van der Waals surface area (Å²) in [6.07, 6.45) is 0. The summed E-state index contributed by atoms with van der Waals surface area (Å²) >= 11 is 0. The van der Waals surface area contributed by atoms with Crippen LogP contribution < -0.4 is 21.8 Å². The molecule has 1 unspecified atom stereocenters. The monoisotopic (exact) mass is 364 g/mol. The second kappa shape index (κ2) is 7.47. The standard InChI is InChI=1S/C16H24N2O4Si2/c1-19-23(4,15-9-5-13(17)6-10-15)22-24(20-2,21-3)16-11-7-14(18)8-12-16/h5-12H,17-18H2,1-4H3. The maximum absolute atomic E-state index is 6.45. The van der Waals surface area contributed by atoms with Crippen LogP contribution in [0.5, 0.6) is 0 Å². The molecule has 0 bridgehead atoms. The smallest absolute Gasteiger partial charge is 0.399 e. The molecule has 0 saturated heterocycles. The van der Waals surface area contributed by atoms with Gasteiger partial charge in [-0.3, -0.25) is 0 Å². The van der Waals surface area contributed by atoms with Crippen molar-refractivity contribution in [2.75, 3.05) is 32.8 Å². The molecule has 0 aliphatic rings. The Hall–Kier alpha value is -1.69. The largest absolute Gasteiger partial charge is 0.527 e. The molecule has 24 heavy (non-hydrogen) atoms. The number of anilines is 2. The number of nitrogen functional groups attached to an aromatic ring is 2. The van der Waals surface area contributed by atoms with Crippen LogP contribution >= 0.6 is 0 Å². The van der Waals surface area contributed by atoms with Crippen molar-refractivity contribution < 1.29 is 17.4 Å². The molecule has 0 aliphatic carbocycles. The van der Waals surface area contributed by atoms with E-state index in [0.29, 0.717) is 11.4 Å². The molecule has 4 N–H and O–H groups in total. The van der Waals surface area contributed by atoms with E-state index in [1.54, 1.807) is 33.5 Å². The van der Waals surface area contributed by atoms with Crippen LogP contribution in [0.2, 0.25) is 6.55 Å². The fourth-order valence-electron chi connectivity index (χ4n) is 2.41. The fourth-order valence-corrected chi connectivity index (χ4v) is 8.62. The molecule has 8 heteroatoms.